The lowest BCUT2D eigenvalue weighted by Gasteiger charge is -2.56. The maximum Gasteiger partial charge on any atom is 0.305 e. The standard InChI is InChI=1S/C30H36O9/c1-15-25(19-8-9-22(33)28(4,5)21(19)13-24(34)35-7)26(37-16(2)31)27(38-17(3)32)29(6)20(18-10-11-36-14-18)12-23-30(15,29)39-23/h8-11,14,19-21,23,25-27H,1,12-13H2,2-7H3/t19?,20-,21+,23-,25-,26-,27-,29+,30?/m0/s1. The molecule has 210 valence electrons. The molecule has 1 aliphatic heterocycles. The fourth-order valence-electron chi connectivity index (χ4n) is 7.95. The molecule has 2 unspecified atom stereocenters. The van der Waals surface area contributed by atoms with Gasteiger partial charge in [-0.1, -0.05) is 33.4 Å². The van der Waals surface area contributed by atoms with Gasteiger partial charge in [0.1, 0.15) is 17.8 Å². The lowest BCUT2D eigenvalue weighted by atomic mass is 9.51. The van der Waals surface area contributed by atoms with Crippen LogP contribution in [0.2, 0.25) is 0 Å². The minimum Gasteiger partial charge on any atom is -0.472 e. The smallest absolute Gasteiger partial charge is 0.305 e. The molecule has 1 aromatic heterocycles. The molecule has 0 amide bonds. The van der Waals surface area contributed by atoms with E-state index < -0.39 is 64.3 Å². The second-order valence-electron chi connectivity index (χ2n) is 12.0. The molecule has 5 rings (SSSR count). The van der Waals surface area contributed by atoms with E-state index in [0.29, 0.717) is 12.0 Å². The Labute approximate surface area is 227 Å². The van der Waals surface area contributed by atoms with Crippen LogP contribution in [0.3, 0.4) is 0 Å². The Morgan fingerprint density at radius 2 is 1.82 bits per heavy atom. The number of ether oxygens (including phenoxy) is 4. The zero-order valence-corrected chi connectivity index (χ0v) is 23.2. The van der Waals surface area contributed by atoms with E-state index in [0.717, 1.165) is 5.56 Å². The SMILES string of the molecule is C=C1[C@@H](C2C=CC(=O)C(C)(C)[C@@H]2CC(=O)OC)[C@H](OC(C)=O)[C@H](OC(C)=O)[C@@]2(C)[C@H](c3ccoc3)C[C@@H]3OC132. The predicted molar refractivity (Wildman–Crippen MR) is 137 cm³/mol. The molecule has 2 heterocycles. The van der Waals surface area contributed by atoms with Crippen LogP contribution in [0.5, 0.6) is 0 Å². The maximum atomic E-state index is 13.0. The number of carbonyl (C=O) groups excluding carboxylic acids is 4. The molecule has 0 bridgehead atoms. The van der Waals surface area contributed by atoms with Crippen molar-refractivity contribution >= 4 is 23.7 Å². The highest BCUT2D eigenvalue weighted by atomic mass is 16.6. The predicted octanol–water partition coefficient (Wildman–Crippen LogP) is 3.92. The van der Waals surface area contributed by atoms with E-state index in [-0.39, 0.29) is 24.2 Å². The molecular weight excluding hydrogens is 504 g/mol. The van der Waals surface area contributed by atoms with Gasteiger partial charge < -0.3 is 23.4 Å². The van der Waals surface area contributed by atoms with Gasteiger partial charge in [0.2, 0.25) is 0 Å². The summed E-state index contributed by atoms with van der Waals surface area (Å²) in [4.78, 5) is 50.7. The number of hydrogen-bond donors (Lipinski definition) is 0. The summed E-state index contributed by atoms with van der Waals surface area (Å²) in [6.07, 6.45) is 5.18. The van der Waals surface area contributed by atoms with Gasteiger partial charge in [-0.3, -0.25) is 19.2 Å². The Kier molecular flexibility index (Phi) is 6.44. The number of rotatable bonds is 6. The minimum absolute atomic E-state index is 0.0226. The van der Waals surface area contributed by atoms with Crippen LogP contribution in [0.1, 0.15) is 58.9 Å². The monoisotopic (exact) mass is 540 g/mol. The summed E-state index contributed by atoms with van der Waals surface area (Å²) in [6, 6.07) is 1.89. The number of hydrogen-bond acceptors (Lipinski definition) is 9. The van der Waals surface area contributed by atoms with Crippen LogP contribution in [-0.2, 0) is 38.1 Å². The van der Waals surface area contributed by atoms with Gasteiger partial charge >= 0.3 is 17.9 Å². The average molecular weight is 541 g/mol. The Morgan fingerprint density at radius 3 is 2.41 bits per heavy atom. The number of methoxy groups -OCH3 is 1. The molecule has 39 heavy (non-hydrogen) atoms. The van der Waals surface area contributed by atoms with Crippen LogP contribution >= 0.6 is 0 Å². The summed E-state index contributed by atoms with van der Waals surface area (Å²) in [6.45, 7) is 12.8. The van der Waals surface area contributed by atoms with Crippen LogP contribution < -0.4 is 0 Å². The summed E-state index contributed by atoms with van der Waals surface area (Å²) in [5, 5.41) is 0. The highest BCUT2D eigenvalue weighted by molar-refractivity contribution is 5.96. The summed E-state index contributed by atoms with van der Waals surface area (Å²) < 4.78 is 28.9. The molecule has 9 nitrogen and oxygen atoms in total. The average Bonchev–Trinajstić information content (AvgIpc) is 3.21. The third-order valence-corrected chi connectivity index (χ3v) is 9.89. The van der Waals surface area contributed by atoms with Gasteiger partial charge in [-0.2, -0.15) is 0 Å². The fraction of sp³-hybridized carbons (Fsp3) is 0.600. The van der Waals surface area contributed by atoms with Crippen LogP contribution in [-0.4, -0.2) is 54.7 Å². The van der Waals surface area contributed by atoms with Crippen molar-refractivity contribution in [2.24, 2.45) is 28.6 Å². The van der Waals surface area contributed by atoms with Gasteiger partial charge in [0.25, 0.3) is 0 Å². The highest BCUT2D eigenvalue weighted by Gasteiger charge is 2.83. The van der Waals surface area contributed by atoms with Gasteiger partial charge in [0.15, 0.2) is 5.78 Å². The van der Waals surface area contributed by atoms with E-state index in [4.69, 9.17) is 23.4 Å². The quantitative estimate of drug-likeness (QED) is 0.229. The van der Waals surface area contributed by atoms with E-state index in [9.17, 15) is 19.2 Å². The summed E-state index contributed by atoms with van der Waals surface area (Å²) in [7, 11) is 1.31. The molecule has 9 atom stereocenters. The summed E-state index contributed by atoms with van der Waals surface area (Å²) >= 11 is 0. The topological polar surface area (TPSA) is 122 Å². The number of epoxide rings is 1. The maximum absolute atomic E-state index is 13.0. The number of ketones is 1. The van der Waals surface area contributed by atoms with Crippen LogP contribution in [0.25, 0.3) is 0 Å². The number of carbonyl (C=O) groups is 4. The first kappa shape index (κ1) is 27.4. The van der Waals surface area contributed by atoms with Crippen molar-refractivity contribution in [2.75, 3.05) is 7.11 Å². The van der Waals surface area contributed by atoms with Gasteiger partial charge in [-0.05, 0) is 41.5 Å². The lowest BCUT2D eigenvalue weighted by Crippen LogP contribution is -2.64. The van der Waals surface area contributed by atoms with E-state index in [1.807, 2.05) is 13.0 Å². The van der Waals surface area contributed by atoms with Crippen molar-refractivity contribution in [3.63, 3.8) is 0 Å². The highest BCUT2D eigenvalue weighted by Crippen LogP contribution is 2.75. The molecule has 0 aromatic carbocycles. The Balaban J connectivity index is 1.68. The van der Waals surface area contributed by atoms with Crippen molar-refractivity contribution < 1.29 is 42.5 Å². The van der Waals surface area contributed by atoms with E-state index >= 15 is 0 Å². The first-order valence-electron chi connectivity index (χ1n) is 13.3. The zero-order chi connectivity index (χ0) is 28.5. The number of allylic oxidation sites excluding steroid dienone is 2. The van der Waals surface area contributed by atoms with Gasteiger partial charge in [0.05, 0.1) is 31.2 Å². The fourth-order valence-corrected chi connectivity index (χ4v) is 7.95. The summed E-state index contributed by atoms with van der Waals surface area (Å²) in [5.41, 5.74) is -0.951. The van der Waals surface area contributed by atoms with E-state index in [1.165, 1.54) is 27.0 Å². The molecule has 3 aliphatic carbocycles. The molecule has 2 saturated carbocycles. The van der Waals surface area contributed by atoms with Crippen LogP contribution in [0.15, 0.2) is 47.3 Å². The van der Waals surface area contributed by atoms with Crippen LogP contribution in [0, 0.1) is 28.6 Å². The lowest BCUT2D eigenvalue weighted by molar-refractivity contribution is -0.201. The molecule has 3 fully saturated rings. The molecule has 1 saturated heterocycles. The molecule has 1 spiro atoms. The molecule has 0 N–H and O–H groups in total. The van der Waals surface area contributed by atoms with E-state index in [2.05, 4.69) is 6.58 Å². The van der Waals surface area contributed by atoms with Crippen molar-refractivity contribution in [1.82, 2.24) is 0 Å². The Hall–Kier alpha value is -3.20. The number of esters is 3. The summed E-state index contributed by atoms with van der Waals surface area (Å²) in [5.74, 6) is -3.30. The first-order chi connectivity index (χ1) is 18.3. The second-order valence-corrected chi connectivity index (χ2v) is 12.0. The third kappa shape index (κ3) is 3.84. The Morgan fingerprint density at radius 1 is 1.13 bits per heavy atom. The van der Waals surface area contributed by atoms with Gasteiger partial charge in [-0.15, -0.1) is 0 Å². The first-order valence-corrected chi connectivity index (χ1v) is 13.3. The van der Waals surface area contributed by atoms with Crippen molar-refractivity contribution in [3.05, 3.63) is 48.5 Å². The molecule has 1 aromatic rings. The van der Waals surface area contributed by atoms with Crippen molar-refractivity contribution in [3.8, 4) is 0 Å². The Bertz CT molecular complexity index is 1240. The largest absolute Gasteiger partial charge is 0.472 e. The molecular formula is C30H36O9. The third-order valence-electron chi connectivity index (χ3n) is 9.89. The van der Waals surface area contributed by atoms with Gasteiger partial charge in [0, 0.05) is 37.5 Å². The normalized spacial score (nSPS) is 39.9. The zero-order valence-electron chi connectivity index (χ0n) is 23.2. The molecule has 4 aliphatic rings. The van der Waals surface area contributed by atoms with E-state index in [1.54, 1.807) is 32.4 Å². The molecule has 9 heteroatoms. The molecule has 0 radical (unpaired) electrons. The second kappa shape index (κ2) is 9.18. The van der Waals surface area contributed by atoms with Gasteiger partial charge in [-0.25, -0.2) is 0 Å². The van der Waals surface area contributed by atoms with Crippen molar-refractivity contribution in [2.45, 2.75) is 77.3 Å². The minimum atomic E-state index is -0.939. The number of furan rings is 1. The van der Waals surface area contributed by atoms with Crippen LogP contribution in [0.4, 0.5) is 0 Å². The van der Waals surface area contributed by atoms with Crippen molar-refractivity contribution in [1.29, 1.82) is 0 Å².